The van der Waals surface area contributed by atoms with Gasteiger partial charge in [-0.3, -0.25) is 4.79 Å². The Balaban J connectivity index is 2.55. The van der Waals surface area contributed by atoms with Gasteiger partial charge in [-0.05, 0) is 26.8 Å². The molecule has 1 rings (SSSR count). The van der Waals surface area contributed by atoms with Crippen LogP contribution in [0.15, 0.2) is 17.1 Å². The molecule has 0 unspecified atom stereocenters. The maximum absolute atomic E-state index is 11.9. The summed E-state index contributed by atoms with van der Waals surface area (Å²) < 4.78 is 1.52. The van der Waals surface area contributed by atoms with Gasteiger partial charge >= 0.3 is 0 Å². The fraction of sp³-hybridized carbons (Fsp3) is 0.714. The third-order valence-electron chi connectivity index (χ3n) is 3.19. The molecule has 0 atom stereocenters. The second kappa shape index (κ2) is 8.69. The van der Waals surface area contributed by atoms with Crippen LogP contribution in [0.25, 0.3) is 0 Å². The largest absolute Gasteiger partial charge is 0.371 e. The molecule has 19 heavy (non-hydrogen) atoms. The van der Waals surface area contributed by atoms with Gasteiger partial charge in [-0.1, -0.05) is 13.3 Å². The van der Waals surface area contributed by atoms with Crippen molar-refractivity contribution in [3.8, 4) is 0 Å². The van der Waals surface area contributed by atoms with Gasteiger partial charge in [0, 0.05) is 25.7 Å². The van der Waals surface area contributed by atoms with E-state index < -0.39 is 0 Å². The van der Waals surface area contributed by atoms with E-state index in [0.717, 1.165) is 31.9 Å². The summed E-state index contributed by atoms with van der Waals surface area (Å²) in [5, 5.41) is 7.55. The third kappa shape index (κ3) is 5.03. The molecular formula is C14H26N4O. The first-order chi connectivity index (χ1) is 9.22. The van der Waals surface area contributed by atoms with Crippen molar-refractivity contribution in [2.24, 2.45) is 0 Å². The first-order valence-corrected chi connectivity index (χ1v) is 7.25. The lowest BCUT2D eigenvalue weighted by molar-refractivity contribution is 0.525. The zero-order valence-electron chi connectivity index (χ0n) is 12.4. The van der Waals surface area contributed by atoms with Crippen molar-refractivity contribution in [1.82, 2.24) is 15.1 Å². The molecule has 0 saturated carbocycles. The van der Waals surface area contributed by atoms with Gasteiger partial charge in [0.1, 0.15) is 0 Å². The number of hydrogen-bond acceptors (Lipinski definition) is 4. The lowest BCUT2D eigenvalue weighted by Crippen LogP contribution is -2.31. The molecule has 108 valence electrons. The van der Waals surface area contributed by atoms with Gasteiger partial charge in [-0.2, -0.15) is 5.10 Å². The molecule has 0 aromatic carbocycles. The van der Waals surface area contributed by atoms with Crippen molar-refractivity contribution >= 4 is 5.69 Å². The van der Waals surface area contributed by atoms with E-state index in [0.29, 0.717) is 6.54 Å². The van der Waals surface area contributed by atoms with E-state index in [-0.39, 0.29) is 5.56 Å². The summed E-state index contributed by atoms with van der Waals surface area (Å²) >= 11 is 0. The normalized spacial score (nSPS) is 10.7. The molecular weight excluding hydrogens is 240 g/mol. The van der Waals surface area contributed by atoms with Crippen LogP contribution in [0.2, 0.25) is 0 Å². The minimum absolute atomic E-state index is 0.0262. The Morgan fingerprint density at radius 1 is 1.26 bits per heavy atom. The maximum atomic E-state index is 11.9. The van der Waals surface area contributed by atoms with Crippen LogP contribution in [0.5, 0.6) is 0 Å². The number of hydrogen-bond donors (Lipinski definition) is 1. The molecule has 1 aromatic rings. The predicted octanol–water partition coefficient (Wildman–Crippen LogP) is 1.48. The minimum atomic E-state index is -0.0262. The van der Waals surface area contributed by atoms with E-state index in [1.807, 2.05) is 0 Å². The highest BCUT2D eigenvalue weighted by molar-refractivity contribution is 5.42. The summed E-state index contributed by atoms with van der Waals surface area (Å²) in [6.45, 7) is 10.5. The number of anilines is 1. The first kappa shape index (κ1) is 15.7. The Bertz CT molecular complexity index is 412. The van der Waals surface area contributed by atoms with Gasteiger partial charge < -0.3 is 10.2 Å². The molecule has 0 radical (unpaired) electrons. The van der Waals surface area contributed by atoms with Crippen molar-refractivity contribution in [3.63, 3.8) is 0 Å². The molecule has 0 aliphatic carbocycles. The van der Waals surface area contributed by atoms with Crippen LogP contribution in [0, 0.1) is 0 Å². The highest BCUT2D eigenvalue weighted by Crippen LogP contribution is 2.07. The molecule has 0 bridgehead atoms. The Morgan fingerprint density at radius 2 is 2.00 bits per heavy atom. The minimum Gasteiger partial charge on any atom is -0.371 e. The lowest BCUT2D eigenvalue weighted by Gasteiger charge is -2.20. The molecule has 5 nitrogen and oxygen atoms in total. The fourth-order valence-electron chi connectivity index (χ4n) is 1.97. The molecule has 5 heteroatoms. The molecule has 0 fully saturated rings. The van der Waals surface area contributed by atoms with Crippen LogP contribution in [-0.2, 0) is 6.54 Å². The Labute approximate surface area is 115 Å². The highest BCUT2D eigenvalue weighted by atomic mass is 16.1. The number of aromatic nitrogens is 2. The summed E-state index contributed by atoms with van der Waals surface area (Å²) in [5.74, 6) is 0. The molecule has 0 amide bonds. The van der Waals surface area contributed by atoms with Gasteiger partial charge in [0.25, 0.3) is 5.56 Å². The summed E-state index contributed by atoms with van der Waals surface area (Å²) in [6.07, 6.45) is 4.13. The average molecular weight is 266 g/mol. The lowest BCUT2D eigenvalue weighted by atomic mass is 10.3. The topological polar surface area (TPSA) is 50.2 Å². The smallest absolute Gasteiger partial charge is 0.268 e. The fourth-order valence-corrected chi connectivity index (χ4v) is 1.97. The molecule has 1 N–H and O–H groups in total. The standard InChI is InChI=1S/C14H26N4O/c1-4-7-8-15-9-10-18-14(19)11-13(12-16-18)17(5-2)6-3/h11-12,15H,4-10H2,1-3H3. The van der Waals surface area contributed by atoms with Crippen LogP contribution >= 0.6 is 0 Å². The van der Waals surface area contributed by atoms with Gasteiger partial charge in [-0.25, -0.2) is 4.68 Å². The number of nitrogens with one attached hydrogen (secondary N) is 1. The van der Waals surface area contributed by atoms with Gasteiger partial charge in [0.15, 0.2) is 0 Å². The van der Waals surface area contributed by atoms with Crippen molar-refractivity contribution in [3.05, 3.63) is 22.6 Å². The van der Waals surface area contributed by atoms with E-state index >= 15 is 0 Å². The van der Waals surface area contributed by atoms with E-state index in [1.54, 1.807) is 12.3 Å². The van der Waals surface area contributed by atoms with Crippen molar-refractivity contribution < 1.29 is 0 Å². The number of unbranched alkanes of at least 4 members (excludes halogenated alkanes) is 1. The third-order valence-corrected chi connectivity index (χ3v) is 3.19. The first-order valence-electron chi connectivity index (χ1n) is 7.25. The summed E-state index contributed by atoms with van der Waals surface area (Å²) in [6, 6.07) is 1.67. The van der Waals surface area contributed by atoms with Crippen LogP contribution in [-0.4, -0.2) is 36.0 Å². The van der Waals surface area contributed by atoms with E-state index in [9.17, 15) is 4.79 Å². The highest BCUT2D eigenvalue weighted by Gasteiger charge is 2.05. The zero-order chi connectivity index (χ0) is 14.1. The van der Waals surface area contributed by atoms with Crippen LogP contribution in [0.3, 0.4) is 0 Å². The van der Waals surface area contributed by atoms with Crippen molar-refractivity contribution in [1.29, 1.82) is 0 Å². The van der Waals surface area contributed by atoms with E-state index in [2.05, 4.69) is 36.1 Å². The Kier molecular flexibility index (Phi) is 7.18. The van der Waals surface area contributed by atoms with Crippen molar-refractivity contribution in [2.45, 2.75) is 40.2 Å². The maximum Gasteiger partial charge on any atom is 0.268 e. The average Bonchev–Trinajstić information content (AvgIpc) is 2.42. The Morgan fingerprint density at radius 3 is 2.58 bits per heavy atom. The van der Waals surface area contributed by atoms with Gasteiger partial charge in [-0.15, -0.1) is 0 Å². The molecule has 1 heterocycles. The van der Waals surface area contributed by atoms with Crippen LogP contribution in [0.4, 0.5) is 5.69 Å². The van der Waals surface area contributed by atoms with Crippen LogP contribution in [0.1, 0.15) is 33.6 Å². The molecule has 0 spiro atoms. The monoisotopic (exact) mass is 266 g/mol. The molecule has 0 aliphatic rings. The van der Waals surface area contributed by atoms with Gasteiger partial charge in [0.05, 0.1) is 18.4 Å². The molecule has 0 aliphatic heterocycles. The number of nitrogens with zero attached hydrogens (tertiary/aromatic N) is 3. The summed E-state index contributed by atoms with van der Waals surface area (Å²) in [4.78, 5) is 14.1. The zero-order valence-corrected chi connectivity index (χ0v) is 12.4. The second-order valence-corrected chi connectivity index (χ2v) is 4.55. The quantitative estimate of drug-likeness (QED) is 0.688. The van der Waals surface area contributed by atoms with E-state index in [4.69, 9.17) is 0 Å². The van der Waals surface area contributed by atoms with Gasteiger partial charge in [0.2, 0.25) is 0 Å². The number of rotatable bonds is 9. The molecule has 1 aromatic heterocycles. The van der Waals surface area contributed by atoms with Crippen molar-refractivity contribution in [2.75, 3.05) is 31.1 Å². The SMILES string of the molecule is CCCCNCCn1ncc(N(CC)CC)cc1=O. The van der Waals surface area contributed by atoms with Crippen LogP contribution < -0.4 is 15.8 Å². The predicted molar refractivity (Wildman–Crippen MR) is 79.8 cm³/mol. The molecule has 0 saturated heterocycles. The summed E-state index contributed by atoms with van der Waals surface area (Å²) in [7, 11) is 0. The second-order valence-electron chi connectivity index (χ2n) is 4.55. The summed E-state index contributed by atoms with van der Waals surface area (Å²) in [5.41, 5.74) is 0.881. The van der Waals surface area contributed by atoms with E-state index in [1.165, 1.54) is 17.5 Å². The Hall–Kier alpha value is -1.36.